The monoisotopic (exact) mass is 574 g/mol. The van der Waals surface area contributed by atoms with Crippen LogP contribution in [0, 0.1) is 11.7 Å². The highest BCUT2D eigenvalue weighted by atomic mass is 19.1. The molecule has 2 aromatic carbocycles. The average Bonchev–Trinajstić information content (AvgIpc) is 3.16. The third-order valence-corrected chi connectivity index (χ3v) is 7.10. The Morgan fingerprint density at radius 2 is 1.76 bits per heavy atom. The summed E-state index contributed by atoms with van der Waals surface area (Å²) in [5, 5.41) is 2.76. The number of halogens is 1. The van der Waals surface area contributed by atoms with Gasteiger partial charge in [-0.15, -0.1) is 0 Å². The first-order valence-corrected chi connectivity index (χ1v) is 14.8. The van der Waals surface area contributed by atoms with Crippen molar-refractivity contribution in [1.82, 2.24) is 15.1 Å². The molecule has 1 aliphatic heterocycles. The predicted octanol–water partition coefficient (Wildman–Crippen LogP) is 6.51. The molecule has 224 valence electrons. The molecule has 0 saturated carbocycles. The number of fused-ring (bicyclic) bond motifs is 1. The number of hydrogen-bond donors (Lipinski definition) is 1. The number of benzene rings is 2. The van der Waals surface area contributed by atoms with Crippen LogP contribution in [0.2, 0.25) is 0 Å². The second-order valence-electron chi connectivity index (χ2n) is 10.9. The van der Waals surface area contributed by atoms with Crippen LogP contribution in [-0.2, 0) is 9.59 Å². The van der Waals surface area contributed by atoms with Crippen molar-refractivity contribution >= 4 is 41.7 Å². The lowest BCUT2D eigenvalue weighted by Gasteiger charge is -2.23. The molecule has 0 saturated heterocycles. The van der Waals surface area contributed by atoms with Gasteiger partial charge >= 0.3 is 0 Å². The SMILES string of the molecule is CCCN(CCC)C(=O)C1=Cc2c(F)cc(-c3ccc(C=O)c(/C=C\N(C)CC(=O)NCC)c3)cc2N=C(C(C)C)C1. The second kappa shape index (κ2) is 15.2. The molecule has 0 fully saturated rings. The summed E-state index contributed by atoms with van der Waals surface area (Å²) in [5.41, 5.74) is 4.62. The van der Waals surface area contributed by atoms with E-state index in [2.05, 4.69) is 5.32 Å². The Labute approximate surface area is 249 Å². The third-order valence-electron chi connectivity index (χ3n) is 7.10. The Hall–Kier alpha value is -4.07. The van der Waals surface area contributed by atoms with Crippen molar-refractivity contribution in [2.75, 3.05) is 33.2 Å². The van der Waals surface area contributed by atoms with E-state index >= 15 is 4.39 Å². The summed E-state index contributed by atoms with van der Waals surface area (Å²) in [6.07, 6.45) is 8.01. The predicted molar refractivity (Wildman–Crippen MR) is 169 cm³/mol. The molecule has 42 heavy (non-hydrogen) atoms. The topological polar surface area (TPSA) is 82.1 Å². The maximum absolute atomic E-state index is 15.8. The van der Waals surface area contributed by atoms with Crippen molar-refractivity contribution in [3.63, 3.8) is 0 Å². The summed E-state index contributed by atoms with van der Waals surface area (Å²) >= 11 is 0. The summed E-state index contributed by atoms with van der Waals surface area (Å²) < 4.78 is 15.8. The fourth-order valence-corrected chi connectivity index (χ4v) is 4.89. The van der Waals surface area contributed by atoms with E-state index in [1.807, 2.05) is 51.7 Å². The van der Waals surface area contributed by atoms with E-state index in [1.54, 1.807) is 42.4 Å². The van der Waals surface area contributed by atoms with Gasteiger partial charge in [0.05, 0.1) is 12.2 Å². The molecule has 0 aromatic heterocycles. The van der Waals surface area contributed by atoms with E-state index < -0.39 is 5.82 Å². The smallest absolute Gasteiger partial charge is 0.250 e. The fourth-order valence-electron chi connectivity index (χ4n) is 4.89. The molecule has 2 aromatic rings. The van der Waals surface area contributed by atoms with Crippen LogP contribution < -0.4 is 5.32 Å². The molecule has 0 radical (unpaired) electrons. The quantitative estimate of drug-likeness (QED) is 0.277. The molecule has 0 atom stereocenters. The van der Waals surface area contributed by atoms with Gasteiger partial charge in [0, 0.05) is 55.5 Å². The van der Waals surface area contributed by atoms with E-state index in [9.17, 15) is 14.4 Å². The van der Waals surface area contributed by atoms with Gasteiger partial charge in [-0.05, 0) is 78.9 Å². The van der Waals surface area contributed by atoms with E-state index in [0.29, 0.717) is 59.6 Å². The number of aliphatic imine (C=N–C) groups is 1. The van der Waals surface area contributed by atoms with Gasteiger partial charge in [-0.25, -0.2) is 4.39 Å². The molecule has 7 nitrogen and oxygen atoms in total. The summed E-state index contributed by atoms with van der Waals surface area (Å²) in [5.74, 6) is -0.554. The van der Waals surface area contributed by atoms with Crippen molar-refractivity contribution in [1.29, 1.82) is 0 Å². The number of amides is 2. The zero-order valence-corrected chi connectivity index (χ0v) is 25.7. The van der Waals surface area contributed by atoms with Gasteiger partial charge in [-0.2, -0.15) is 0 Å². The number of carbonyl (C=O) groups excluding carboxylic acids is 3. The third kappa shape index (κ3) is 8.24. The molecule has 0 bridgehead atoms. The molecular weight excluding hydrogens is 531 g/mol. The molecule has 0 spiro atoms. The van der Waals surface area contributed by atoms with Crippen LogP contribution in [-0.4, -0.2) is 66.8 Å². The lowest BCUT2D eigenvalue weighted by molar-refractivity contribution is -0.127. The van der Waals surface area contributed by atoms with Gasteiger partial charge in [0.25, 0.3) is 0 Å². The number of nitrogens with zero attached hydrogens (tertiary/aromatic N) is 3. The molecule has 1 aliphatic rings. The minimum atomic E-state index is -0.461. The van der Waals surface area contributed by atoms with Gasteiger partial charge in [0.15, 0.2) is 6.29 Å². The normalized spacial score (nSPS) is 12.9. The van der Waals surface area contributed by atoms with Crippen molar-refractivity contribution in [2.45, 2.75) is 53.9 Å². The molecular formula is C34H43FN4O3. The van der Waals surface area contributed by atoms with Crippen LogP contribution in [0.15, 0.2) is 47.1 Å². The summed E-state index contributed by atoms with van der Waals surface area (Å²) in [6, 6.07) is 8.59. The molecule has 1 N–H and O–H groups in total. The minimum absolute atomic E-state index is 0.0681. The average molecular weight is 575 g/mol. The highest BCUT2D eigenvalue weighted by Gasteiger charge is 2.24. The Morgan fingerprint density at radius 3 is 2.38 bits per heavy atom. The number of nitrogens with one attached hydrogen (secondary N) is 1. The van der Waals surface area contributed by atoms with Crippen LogP contribution in [0.4, 0.5) is 10.1 Å². The standard InChI is InChI=1S/C34H43FN4O3/c1-7-13-39(14-8-2)34(42)28-17-29-30(35)18-27(19-32(29)37-31(20-28)23(4)5)24-10-11-26(22-40)25(16-24)12-15-38(6)21-33(41)36-9-3/h10-12,15-19,22-23H,7-9,13-14,20-21H2,1-6H3,(H,36,41)/b15-12-. The molecule has 8 heteroatoms. The van der Waals surface area contributed by atoms with Crippen molar-refractivity contribution < 1.29 is 18.8 Å². The zero-order valence-electron chi connectivity index (χ0n) is 25.7. The van der Waals surface area contributed by atoms with Crippen LogP contribution in [0.25, 0.3) is 23.3 Å². The molecule has 1 heterocycles. The van der Waals surface area contributed by atoms with Gasteiger partial charge in [-0.3, -0.25) is 19.4 Å². The van der Waals surface area contributed by atoms with Crippen LogP contribution in [0.1, 0.15) is 75.4 Å². The Kier molecular flexibility index (Phi) is 11.8. The number of hydrogen-bond acceptors (Lipinski definition) is 5. The van der Waals surface area contributed by atoms with E-state index in [4.69, 9.17) is 4.99 Å². The Bertz CT molecular complexity index is 1390. The summed E-state index contributed by atoms with van der Waals surface area (Å²) in [4.78, 5) is 45.6. The first-order chi connectivity index (χ1) is 20.1. The number of carbonyl (C=O) groups is 3. The highest BCUT2D eigenvalue weighted by molar-refractivity contribution is 6.07. The lowest BCUT2D eigenvalue weighted by atomic mass is 9.96. The first kappa shape index (κ1) is 32.4. The van der Waals surface area contributed by atoms with Crippen molar-refractivity contribution in [3.05, 3.63) is 64.6 Å². The zero-order chi connectivity index (χ0) is 30.8. The number of rotatable bonds is 13. The van der Waals surface area contributed by atoms with Crippen molar-refractivity contribution in [2.24, 2.45) is 10.9 Å². The highest BCUT2D eigenvalue weighted by Crippen LogP contribution is 2.36. The van der Waals surface area contributed by atoms with Gasteiger partial charge in [-0.1, -0.05) is 39.8 Å². The van der Waals surface area contributed by atoms with E-state index in [-0.39, 0.29) is 24.3 Å². The fraction of sp³-hybridized carbons (Fsp3) is 0.412. The maximum Gasteiger partial charge on any atom is 0.250 e. The lowest BCUT2D eigenvalue weighted by Crippen LogP contribution is -2.34. The first-order valence-electron chi connectivity index (χ1n) is 14.8. The van der Waals surface area contributed by atoms with Crippen LogP contribution >= 0.6 is 0 Å². The number of likely N-dealkylation sites (N-methyl/N-ethyl adjacent to an activating group) is 2. The summed E-state index contributed by atoms with van der Waals surface area (Å²) in [7, 11) is 1.78. The molecule has 0 aliphatic carbocycles. The molecule has 0 unspecified atom stereocenters. The molecule has 3 rings (SSSR count). The Morgan fingerprint density at radius 1 is 1.05 bits per heavy atom. The molecule has 2 amide bonds. The maximum atomic E-state index is 15.8. The van der Waals surface area contributed by atoms with Gasteiger partial charge in [0.1, 0.15) is 5.82 Å². The van der Waals surface area contributed by atoms with E-state index in [0.717, 1.165) is 30.4 Å². The van der Waals surface area contributed by atoms with Crippen molar-refractivity contribution in [3.8, 4) is 11.1 Å². The van der Waals surface area contributed by atoms with Crippen LogP contribution in [0.5, 0.6) is 0 Å². The van der Waals surface area contributed by atoms with Gasteiger partial charge < -0.3 is 15.1 Å². The van der Waals surface area contributed by atoms with Crippen LogP contribution in [0.3, 0.4) is 0 Å². The Balaban J connectivity index is 2.04. The largest absolute Gasteiger partial charge is 0.371 e. The number of aldehydes is 1. The van der Waals surface area contributed by atoms with E-state index in [1.165, 1.54) is 6.07 Å². The second-order valence-corrected chi connectivity index (χ2v) is 10.9. The minimum Gasteiger partial charge on any atom is -0.371 e. The van der Waals surface area contributed by atoms with Gasteiger partial charge in [0.2, 0.25) is 11.8 Å². The summed E-state index contributed by atoms with van der Waals surface area (Å²) in [6.45, 7) is 12.0.